The molecule has 0 saturated heterocycles. The van der Waals surface area contributed by atoms with E-state index in [1.165, 1.54) is 24.3 Å². The van der Waals surface area contributed by atoms with Gasteiger partial charge in [-0.15, -0.1) is 0 Å². The van der Waals surface area contributed by atoms with Crippen LogP contribution in [0.4, 0.5) is 4.79 Å². The van der Waals surface area contributed by atoms with Gasteiger partial charge in [-0.2, -0.15) is 5.26 Å². The molecule has 0 fully saturated rings. The van der Waals surface area contributed by atoms with Gasteiger partial charge in [0.15, 0.2) is 0 Å². The Morgan fingerprint density at radius 1 is 1.42 bits per heavy atom. The van der Waals surface area contributed by atoms with Gasteiger partial charge in [-0.25, -0.2) is 4.79 Å². The monoisotopic (exact) mass is 163 g/mol. The van der Waals surface area contributed by atoms with Crippen molar-refractivity contribution in [3.63, 3.8) is 0 Å². The average Bonchev–Trinajstić information content (AvgIpc) is 2.05. The van der Waals surface area contributed by atoms with Crippen molar-refractivity contribution in [2.24, 2.45) is 0 Å². The third-order valence-electron chi connectivity index (χ3n) is 1.19. The second-order valence-corrected chi connectivity index (χ2v) is 2.00. The highest BCUT2D eigenvalue weighted by molar-refractivity contribution is 5.61. The molecule has 0 amide bonds. The molecule has 4 nitrogen and oxygen atoms in total. The predicted octanol–water partition coefficient (Wildman–Crippen LogP) is 1.62. The Hall–Kier alpha value is -2.02. The predicted molar refractivity (Wildman–Crippen MR) is 39.8 cm³/mol. The van der Waals surface area contributed by atoms with Crippen LogP contribution in [-0.2, 0) is 0 Å². The first kappa shape index (κ1) is 8.08. The summed E-state index contributed by atoms with van der Waals surface area (Å²) in [5.41, 5.74) is 0.465. The van der Waals surface area contributed by atoms with Crippen molar-refractivity contribution in [1.29, 1.82) is 5.26 Å². The zero-order chi connectivity index (χ0) is 8.97. The zero-order valence-corrected chi connectivity index (χ0v) is 6.02. The molecular weight excluding hydrogens is 158 g/mol. The van der Waals surface area contributed by atoms with E-state index in [0.717, 1.165) is 0 Å². The summed E-state index contributed by atoms with van der Waals surface area (Å²) in [4.78, 5) is 10.0. The van der Waals surface area contributed by atoms with Crippen LogP contribution in [0.1, 0.15) is 5.56 Å². The van der Waals surface area contributed by atoms with Crippen LogP contribution in [0.2, 0.25) is 0 Å². The number of nitriles is 1. The molecule has 1 aromatic carbocycles. The molecule has 60 valence electrons. The van der Waals surface area contributed by atoms with Crippen LogP contribution in [0.25, 0.3) is 0 Å². The van der Waals surface area contributed by atoms with E-state index in [1.54, 1.807) is 0 Å². The fourth-order valence-corrected chi connectivity index (χ4v) is 0.698. The summed E-state index contributed by atoms with van der Waals surface area (Å²) in [5, 5.41) is 16.6. The Labute approximate surface area is 68.6 Å². The molecule has 0 aliphatic heterocycles. The van der Waals surface area contributed by atoms with E-state index in [4.69, 9.17) is 10.4 Å². The van der Waals surface area contributed by atoms with E-state index < -0.39 is 6.16 Å². The quantitative estimate of drug-likeness (QED) is 0.504. The molecule has 0 bridgehead atoms. The third kappa shape index (κ3) is 1.99. The molecule has 0 radical (unpaired) electrons. The molecule has 1 N–H and O–H groups in total. The largest absolute Gasteiger partial charge is 0.511 e. The molecule has 0 heterocycles. The average molecular weight is 163 g/mol. The molecule has 0 saturated carbocycles. The molecule has 0 unspecified atom stereocenters. The van der Waals surface area contributed by atoms with Crippen molar-refractivity contribution in [3.8, 4) is 11.8 Å². The second kappa shape index (κ2) is 3.39. The number of benzene rings is 1. The molecule has 0 aliphatic carbocycles. The highest BCUT2D eigenvalue weighted by Crippen LogP contribution is 2.11. The van der Waals surface area contributed by atoms with Crippen molar-refractivity contribution in [3.05, 3.63) is 29.8 Å². The fraction of sp³-hybridized carbons (Fsp3) is 0. The number of nitrogens with zero attached hydrogens (tertiary/aromatic N) is 1. The van der Waals surface area contributed by atoms with Crippen LogP contribution < -0.4 is 4.74 Å². The summed E-state index contributed by atoms with van der Waals surface area (Å²) in [5.74, 6) is 0.210. The normalized spacial score (nSPS) is 8.58. The van der Waals surface area contributed by atoms with Gasteiger partial charge in [0.25, 0.3) is 0 Å². The van der Waals surface area contributed by atoms with Crippen LogP contribution in [0.5, 0.6) is 5.75 Å². The minimum Gasteiger partial charge on any atom is -0.449 e. The fourth-order valence-electron chi connectivity index (χ4n) is 0.698. The maximum absolute atomic E-state index is 10.0. The summed E-state index contributed by atoms with van der Waals surface area (Å²) in [6.07, 6.45) is -1.36. The van der Waals surface area contributed by atoms with Crippen molar-refractivity contribution in [1.82, 2.24) is 0 Å². The van der Waals surface area contributed by atoms with Gasteiger partial charge >= 0.3 is 6.16 Å². The van der Waals surface area contributed by atoms with Gasteiger partial charge in [-0.1, -0.05) is 0 Å². The van der Waals surface area contributed by atoms with Crippen LogP contribution in [-0.4, -0.2) is 11.3 Å². The highest BCUT2D eigenvalue weighted by Gasteiger charge is 1.99. The van der Waals surface area contributed by atoms with Crippen LogP contribution in [0, 0.1) is 11.3 Å². The van der Waals surface area contributed by atoms with E-state index in [0.29, 0.717) is 5.56 Å². The van der Waals surface area contributed by atoms with Crippen molar-refractivity contribution in [2.75, 3.05) is 0 Å². The Bertz CT molecular complexity index is 323. The molecule has 0 aromatic heterocycles. The van der Waals surface area contributed by atoms with Crippen molar-refractivity contribution >= 4 is 6.16 Å². The lowest BCUT2D eigenvalue weighted by Crippen LogP contribution is -2.02. The molecule has 12 heavy (non-hydrogen) atoms. The summed E-state index contributed by atoms with van der Waals surface area (Å²) in [7, 11) is 0. The maximum Gasteiger partial charge on any atom is 0.511 e. The number of hydrogen-bond acceptors (Lipinski definition) is 3. The third-order valence-corrected chi connectivity index (χ3v) is 1.19. The number of ether oxygens (including phenoxy) is 1. The smallest absolute Gasteiger partial charge is 0.449 e. The van der Waals surface area contributed by atoms with Gasteiger partial charge in [0.2, 0.25) is 0 Å². The van der Waals surface area contributed by atoms with Crippen LogP contribution in [0.15, 0.2) is 24.3 Å². The first-order chi connectivity index (χ1) is 5.72. The molecular formula is C8H5NO3. The molecule has 1 aromatic rings. The maximum atomic E-state index is 10.0. The minimum absolute atomic E-state index is 0.210. The standard InChI is InChI=1S/C8H5NO3/c9-5-6-1-3-7(4-2-6)12-8(10)11/h1-4H,(H,10,11). The van der Waals surface area contributed by atoms with Gasteiger partial charge in [0, 0.05) is 0 Å². The Morgan fingerprint density at radius 2 is 2.00 bits per heavy atom. The lowest BCUT2D eigenvalue weighted by molar-refractivity contribution is 0.144. The summed E-state index contributed by atoms with van der Waals surface area (Å²) < 4.78 is 4.32. The summed E-state index contributed by atoms with van der Waals surface area (Å²) in [6.45, 7) is 0. The topological polar surface area (TPSA) is 70.3 Å². The first-order valence-corrected chi connectivity index (χ1v) is 3.13. The summed E-state index contributed by atoms with van der Waals surface area (Å²) >= 11 is 0. The van der Waals surface area contributed by atoms with E-state index in [-0.39, 0.29) is 5.75 Å². The molecule has 0 atom stereocenters. The highest BCUT2D eigenvalue weighted by atomic mass is 16.7. The van der Waals surface area contributed by atoms with Gasteiger partial charge in [0.1, 0.15) is 5.75 Å². The molecule has 4 heteroatoms. The minimum atomic E-state index is -1.36. The number of carboxylic acid groups (broad SMARTS) is 1. The second-order valence-electron chi connectivity index (χ2n) is 2.00. The lowest BCUT2D eigenvalue weighted by Gasteiger charge is -1.97. The molecule has 0 spiro atoms. The first-order valence-electron chi connectivity index (χ1n) is 3.13. The zero-order valence-electron chi connectivity index (χ0n) is 6.02. The Morgan fingerprint density at radius 3 is 2.42 bits per heavy atom. The van der Waals surface area contributed by atoms with E-state index >= 15 is 0 Å². The number of carbonyl (C=O) groups is 1. The summed E-state index contributed by atoms with van der Waals surface area (Å²) in [6, 6.07) is 7.72. The van der Waals surface area contributed by atoms with Gasteiger partial charge < -0.3 is 9.84 Å². The van der Waals surface area contributed by atoms with Gasteiger partial charge in [-0.05, 0) is 24.3 Å². The number of hydrogen-bond donors (Lipinski definition) is 1. The molecule has 1 rings (SSSR count). The molecule has 0 aliphatic rings. The SMILES string of the molecule is N#Cc1ccc(OC(=O)O)cc1. The van der Waals surface area contributed by atoms with E-state index in [1.807, 2.05) is 6.07 Å². The van der Waals surface area contributed by atoms with E-state index in [2.05, 4.69) is 4.74 Å². The van der Waals surface area contributed by atoms with Gasteiger partial charge in [0.05, 0.1) is 11.6 Å². The Kier molecular flexibility index (Phi) is 2.29. The Balaban J connectivity index is 2.80. The number of rotatable bonds is 1. The van der Waals surface area contributed by atoms with Gasteiger partial charge in [-0.3, -0.25) is 0 Å². The van der Waals surface area contributed by atoms with Crippen molar-refractivity contribution < 1.29 is 14.6 Å². The van der Waals surface area contributed by atoms with Crippen LogP contribution in [0.3, 0.4) is 0 Å². The van der Waals surface area contributed by atoms with E-state index in [9.17, 15) is 4.79 Å². The van der Waals surface area contributed by atoms with Crippen molar-refractivity contribution in [2.45, 2.75) is 0 Å². The van der Waals surface area contributed by atoms with Crippen LogP contribution >= 0.6 is 0 Å². The lowest BCUT2D eigenvalue weighted by atomic mass is 10.2.